The highest BCUT2D eigenvalue weighted by atomic mass is 16.1. The molecule has 0 amide bonds. The zero-order valence-electron chi connectivity index (χ0n) is 17.5. The number of hydrogen-bond donors (Lipinski definition) is 2. The Labute approximate surface area is 179 Å². The second-order valence-electron chi connectivity index (χ2n) is 7.81. The average molecular weight is 413 g/mol. The van der Waals surface area contributed by atoms with Crippen molar-refractivity contribution >= 4 is 33.5 Å². The number of benzene rings is 1. The van der Waals surface area contributed by atoms with E-state index in [0.717, 1.165) is 41.6 Å². The van der Waals surface area contributed by atoms with Gasteiger partial charge >= 0.3 is 0 Å². The minimum atomic E-state index is 0.0183. The van der Waals surface area contributed by atoms with Crippen molar-refractivity contribution in [2.75, 3.05) is 18.8 Å². The SMILES string of the molecule is CCC(=O)c1cnc(N)c2c(C#Cc3ccc4c(c3)ncn4C)nn(C3CCNC3)c12. The number of pyridine rings is 1. The zero-order valence-corrected chi connectivity index (χ0v) is 17.5. The minimum Gasteiger partial charge on any atom is -0.383 e. The van der Waals surface area contributed by atoms with E-state index in [1.807, 2.05) is 41.4 Å². The molecule has 0 spiro atoms. The van der Waals surface area contributed by atoms with Crippen LogP contribution in [0, 0.1) is 11.8 Å². The number of Topliss-reactive ketones (excluding diaryl/α,β-unsaturated/α-hetero) is 1. The molecule has 31 heavy (non-hydrogen) atoms. The van der Waals surface area contributed by atoms with Gasteiger partial charge in [0.25, 0.3) is 0 Å². The van der Waals surface area contributed by atoms with Crippen LogP contribution in [0.2, 0.25) is 0 Å². The lowest BCUT2D eigenvalue weighted by Gasteiger charge is -2.12. The van der Waals surface area contributed by atoms with Crippen molar-refractivity contribution in [2.45, 2.75) is 25.8 Å². The Morgan fingerprint density at radius 1 is 1.32 bits per heavy atom. The summed E-state index contributed by atoms with van der Waals surface area (Å²) < 4.78 is 3.89. The zero-order chi connectivity index (χ0) is 21.5. The van der Waals surface area contributed by atoms with Crippen LogP contribution in [-0.2, 0) is 7.05 Å². The summed E-state index contributed by atoms with van der Waals surface area (Å²) >= 11 is 0. The van der Waals surface area contributed by atoms with Crippen molar-refractivity contribution in [2.24, 2.45) is 7.05 Å². The van der Waals surface area contributed by atoms with Gasteiger partial charge in [-0.3, -0.25) is 9.48 Å². The molecule has 0 aliphatic carbocycles. The maximum Gasteiger partial charge on any atom is 0.166 e. The first-order valence-electron chi connectivity index (χ1n) is 10.4. The Morgan fingerprint density at radius 3 is 2.97 bits per heavy atom. The van der Waals surface area contributed by atoms with E-state index in [1.165, 1.54) is 0 Å². The first-order valence-corrected chi connectivity index (χ1v) is 10.4. The van der Waals surface area contributed by atoms with Crippen molar-refractivity contribution < 1.29 is 4.79 Å². The summed E-state index contributed by atoms with van der Waals surface area (Å²) in [7, 11) is 1.96. The number of carbonyl (C=O) groups excluding carboxylic acids is 1. The number of nitrogens with zero attached hydrogens (tertiary/aromatic N) is 5. The highest BCUT2D eigenvalue weighted by Gasteiger charge is 2.26. The van der Waals surface area contributed by atoms with Gasteiger partial charge in [-0.15, -0.1) is 0 Å². The van der Waals surface area contributed by atoms with E-state index in [-0.39, 0.29) is 11.8 Å². The van der Waals surface area contributed by atoms with Crippen molar-refractivity contribution in [1.82, 2.24) is 29.6 Å². The van der Waals surface area contributed by atoms with Crippen LogP contribution in [0.1, 0.15) is 47.4 Å². The molecule has 0 radical (unpaired) electrons. The number of nitrogens with two attached hydrogens (primary N) is 1. The number of rotatable bonds is 3. The number of imidazole rings is 1. The predicted molar refractivity (Wildman–Crippen MR) is 120 cm³/mol. The topological polar surface area (TPSA) is 104 Å². The number of nitrogen functional groups attached to an aromatic ring is 1. The number of ketones is 1. The second-order valence-corrected chi connectivity index (χ2v) is 7.81. The molecule has 3 aromatic heterocycles. The highest BCUT2D eigenvalue weighted by molar-refractivity contribution is 6.09. The van der Waals surface area contributed by atoms with Crippen LogP contribution in [0.3, 0.4) is 0 Å². The largest absolute Gasteiger partial charge is 0.383 e. The Bertz CT molecular complexity index is 1380. The van der Waals surface area contributed by atoms with Crippen LogP contribution < -0.4 is 11.1 Å². The molecule has 5 rings (SSSR count). The van der Waals surface area contributed by atoms with Gasteiger partial charge in [0.2, 0.25) is 0 Å². The van der Waals surface area contributed by atoms with E-state index < -0.39 is 0 Å². The maximum absolute atomic E-state index is 12.6. The summed E-state index contributed by atoms with van der Waals surface area (Å²) in [6, 6.07) is 6.07. The number of fused-ring (bicyclic) bond motifs is 2. The molecule has 1 aliphatic heterocycles. The Morgan fingerprint density at radius 2 is 2.19 bits per heavy atom. The molecule has 0 bridgehead atoms. The number of anilines is 1. The maximum atomic E-state index is 12.6. The molecular weight excluding hydrogens is 390 g/mol. The van der Waals surface area contributed by atoms with E-state index in [2.05, 4.69) is 27.1 Å². The third-order valence-electron chi connectivity index (χ3n) is 5.81. The van der Waals surface area contributed by atoms with E-state index in [9.17, 15) is 4.79 Å². The summed E-state index contributed by atoms with van der Waals surface area (Å²) in [5.74, 6) is 6.72. The van der Waals surface area contributed by atoms with Crippen LogP contribution in [0.4, 0.5) is 5.82 Å². The number of nitrogens with one attached hydrogen (secondary N) is 1. The molecule has 156 valence electrons. The molecular formula is C23H23N7O. The number of hydrogen-bond acceptors (Lipinski definition) is 6. The lowest BCUT2D eigenvalue weighted by atomic mass is 10.1. The van der Waals surface area contributed by atoms with Crippen molar-refractivity contribution in [1.29, 1.82) is 0 Å². The number of aromatic nitrogens is 5. The molecule has 1 saturated heterocycles. The lowest BCUT2D eigenvalue weighted by Crippen LogP contribution is -2.16. The number of carbonyl (C=O) groups is 1. The van der Waals surface area contributed by atoms with Crippen molar-refractivity contribution in [3.63, 3.8) is 0 Å². The second kappa shape index (κ2) is 7.52. The summed E-state index contributed by atoms with van der Waals surface area (Å²) in [4.78, 5) is 21.3. The van der Waals surface area contributed by atoms with Gasteiger partial charge in [-0.2, -0.15) is 5.10 Å². The lowest BCUT2D eigenvalue weighted by molar-refractivity contribution is 0.0989. The quantitative estimate of drug-likeness (QED) is 0.395. The third-order valence-corrected chi connectivity index (χ3v) is 5.81. The molecule has 3 N–H and O–H groups in total. The molecule has 1 aliphatic rings. The molecule has 8 heteroatoms. The minimum absolute atomic E-state index is 0.0183. The molecule has 0 saturated carbocycles. The molecule has 4 aromatic rings. The van der Waals surface area contributed by atoms with Crippen LogP contribution in [0.25, 0.3) is 21.9 Å². The predicted octanol–water partition coefficient (Wildman–Crippen LogP) is 2.43. The van der Waals surface area contributed by atoms with Gasteiger partial charge in [-0.25, -0.2) is 9.97 Å². The Balaban J connectivity index is 1.68. The standard InChI is InChI=1S/C23H23N7O/c1-3-20(31)16-12-26-23(24)21-17(28-30(22(16)21)15-8-9-25-11-15)6-4-14-5-7-19-18(10-14)27-13-29(19)2/h5,7,10,12-13,15,25H,3,8-9,11H2,1-2H3,(H2,24,26). The van der Waals surface area contributed by atoms with E-state index in [0.29, 0.717) is 28.9 Å². The average Bonchev–Trinajstić information content (AvgIpc) is 3.51. The fourth-order valence-corrected chi connectivity index (χ4v) is 4.13. The van der Waals surface area contributed by atoms with Gasteiger partial charge in [-0.1, -0.05) is 12.8 Å². The van der Waals surface area contributed by atoms with Crippen LogP contribution >= 0.6 is 0 Å². The first-order chi connectivity index (χ1) is 15.1. The molecule has 4 heterocycles. The van der Waals surface area contributed by atoms with Gasteiger partial charge < -0.3 is 15.6 Å². The summed E-state index contributed by atoms with van der Waals surface area (Å²) in [5, 5.41) is 8.81. The fourth-order valence-electron chi connectivity index (χ4n) is 4.13. The Hall–Kier alpha value is -3.70. The normalized spacial score (nSPS) is 16.0. The van der Waals surface area contributed by atoms with Gasteiger partial charge in [0.15, 0.2) is 5.78 Å². The third kappa shape index (κ3) is 3.23. The molecule has 1 fully saturated rings. The van der Waals surface area contributed by atoms with Crippen LogP contribution in [0.5, 0.6) is 0 Å². The van der Waals surface area contributed by atoms with Gasteiger partial charge in [0.05, 0.1) is 39.9 Å². The smallest absolute Gasteiger partial charge is 0.166 e. The van der Waals surface area contributed by atoms with E-state index >= 15 is 0 Å². The molecule has 8 nitrogen and oxygen atoms in total. The highest BCUT2D eigenvalue weighted by Crippen LogP contribution is 2.31. The van der Waals surface area contributed by atoms with Gasteiger partial charge in [-0.05, 0) is 37.1 Å². The van der Waals surface area contributed by atoms with Crippen LogP contribution in [-0.4, -0.2) is 43.2 Å². The van der Waals surface area contributed by atoms with E-state index in [1.54, 1.807) is 12.5 Å². The first kappa shape index (κ1) is 19.3. The monoisotopic (exact) mass is 413 g/mol. The molecule has 1 unspecified atom stereocenters. The number of aryl methyl sites for hydroxylation is 1. The van der Waals surface area contributed by atoms with Crippen molar-refractivity contribution in [3.8, 4) is 11.8 Å². The van der Waals surface area contributed by atoms with E-state index in [4.69, 9.17) is 10.8 Å². The molecule has 1 aromatic carbocycles. The summed E-state index contributed by atoms with van der Waals surface area (Å²) in [6.07, 6.45) is 4.67. The van der Waals surface area contributed by atoms with Crippen LogP contribution in [0.15, 0.2) is 30.7 Å². The van der Waals surface area contributed by atoms with Gasteiger partial charge in [0.1, 0.15) is 11.5 Å². The summed E-state index contributed by atoms with van der Waals surface area (Å²) in [5.41, 5.74) is 10.8. The summed E-state index contributed by atoms with van der Waals surface area (Å²) in [6.45, 7) is 3.55. The Kier molecular flexibility index (Phi) is 4.68. The van der Waals surface area contributed by atoms with Gasteiger partial charge in [0, 0.05) is 31.8 Å². The van der Waals surface area contributed by atoms with Crippen molar-refractivity contribution in [3.05, 3.63) is 47.5 Å². The fraction of sp³-hybridized carbons (Fsp3) is 0.304. The molecule has 1 atom stereocenters.